The Morgan fingerprint density at radius 2 is 2.00 bits per heavy atom. The third-order valence-corrected chi connectivity index (χ3v) is 3.95. The first kappa shape index (κ1) is 17.1. The second kappa shape index (κ2) is 5.11. The van der Waals surface area contributed by atoms with Crippen molar-refractivity contribution in [1.82, 2.24) is 5.01 Å². The number of aliphatic hydroxyl groups is 1. The Balaban J connectivity index is 2.39. The van der Waals surface area contributed by atoms with Gasteiger partial charge in [0.2, 0.25) is 0 Å². The Labute approximate surface area is 127 Å². The van der Waals surface area contributed by atoms with Crippen LogP contribution in [0.15, 0.2) is 5.10 Å². The van der Waals surface area contributed by atoms with E-state index < -0.39 is 29.5 Å². The third kappa shape index (κ3) is 2.80. The second-order valence-electron chi connectivity index (χ2n) is 7.04. The van der Waals surface area contributed by atoms with Gasteiger partial charge in [0.15, 0.2) is 0 Å². The number of carbonyl (C=O) groups is 1. The lowest BCUT2D eigenvalue weighted by Crippen LogP contribution is -2.62. The van der Waals surface area contributed by atoms with Crippen LogP contribution in [0.25, 0.3) is 0 Å². The summed E-state index contributed by atoms with van der Waals surface area (Å²) in [7, 11) is 0. The molecule has 0 radical (unpaired) electrons. The molecular weight excluding hydrogens is 301 g/mol. The van der Waals surface area contributed by atoms with E-state index in [4.69, 9.17) is 4.74 Å². The predicted molar refractivity (Wildman–Crippen MR) is 73.0 cm³/mol. The molecule has 0 bridgehead atoms. The Hall–Kier alpha value is -1.31. The standard InChI is InChI=1S/C14H21F3N2O3/c1-8-5-6-10-9(7-8)13(21,14(15,16)17)19(18-10)11(20)22-12(2,3)4/h8-9,21H,5-7H2,1-4H3/t8-,9+,13+/m1/s1. The normalized spacial score (nSPS) is 32.5. The zero-order valence-corrected chi connectivity index (χ0v) is 13.1. The van der Waals surface area contributed by atoms with Gasteiger partial charge in [0.1, 0.15) is 5.60 Å². The molecular formula is C14H21F3N2O3. The van der Waals surface area contributed by atoms with Crippen molar-refractivity contribution < 1.29 is 27.8 Å². The van der Waals surface area contributed by atoms with Crippen LogP contribution in [0.3, 0.4) is 0 Å². The quantitative estimate of drug-likeness (QED) is 0.744. The summed E-state index contributed by atoms with van der Waals surface area (Å²) in [6, 6.07) is 0. The van der Waals surface area contributed by atoms with Crippen molar-refractivity contribution in [3.05, 3.63) is 0 Å². The number of fused-ring (bicyclic) bond motifs is 1. The van der Waals surface area contributed by atoms with Gasteiger partial charge in [0, 0.05) is 5.71 Å². The van der Waals surface area contributed by atoms with Gasteiger partial charge in [-0.2, -0.15) is 23.3 Å². The molecule has 1 aliphatic heterocycles. The molecule has 1 aliphatic carbocycles. The SMILES string of the molecule is C[C@@H]1CCC2=NN(C(=O)OC(C)(C)C)[C@@](O)(C(F)(F)F)[C@H]2C1. The predicted octanol–water partition coefficient (Wildman–Crippen LogP) is 3.28. The molecule has 1 amide bonds. The minimum absolute atomic E-state index is 0.0245. The van der Waals surface area contributed by atoms with E-state index >= 15 is 0 Å². The number of halogens is 3. The maximum absolute atomic E-state index is 13.5. The average molecular weight is 322 g/mol. The van der Waals surface area contributed by atoms with Gasteiger partial charge >= 0.3 is 12.3 Å². The highest BCUT2D eigenvalue weighted by Crippen LogP contribution is 2.49. The minimum Gasteiger partial charge on any atom is -0.442 e. The van der Waals surface area contributed by atoms with E-state index in [0.29, 0.717) is 12.8 Å². The molecule has 1 N–H and O–H groups in total. The molecule has 0 unspecified atom stereocenters. The number of carbonyl (C=O) groups excluding carboxylic acids is 1. The van der Waals surface area contributed by atoms with E-state index in [1.54, 1.807) is 0 Å². The summed E-state index contributed by atoms with van der Waals surface area (Å²) in [5, 5.41) is 14.2. The van der Waals surface area contributed by atoms with Crippen LogP contribution in [-0.2, 0) is 4.74 Å². The van der Waals surface area contributed by atoms with Gasteiger partial charge in [-0.05, 0) is 46.0 Å². The number of nitrogens with zero attached hydrogens (tertiary/aromatic N) is 2. The van der Waals surface area contributed by atoms with E-state index in [1.165, 1.54) is 20.8 Å². The maximum atomic E-state index is 13.5. The van der Waals surface area contributed by atoms with Crippen molar-refractivity contribution >= 4 is 11.8 Å². The van der Waals surface area contributed by atoms with Crippen LogP contribution < -0.4 is 0 Å². The summed E-state index contributed by atoms with van der Waals surface area (Å²) in [6.07, 6.45) is -5.15. The van der Waals surface area contributed by atoms with E-state index in [2.05, 4.69) is 5.10 Å². The maximum Gasteiger partial charge on any atom is 0.439 e. The Morgan fingerprint density at radius 1 is 1.41 bits per heavy atom. The highest BCUT2D eigenvalue weighted by molar-refractivity contribution is 5.92. The monoisotopic (exact) mass is 322 g/mol. The number of ether oxygens (including phenoxy) is 1. The molecule has 126 valence electrons. The molecule has 1 fully saturated rings. The molecule has 5 nitrogen and oxygen atoms in total. The van der Waals surface area contributed by atoms with E-state index in [0.717, 1.165) is 0 Å². The lowest BCUT2D eigenvalue weighted by molar-refractivity contribution is -0.316. The first-order chi connectivity index (χ1) is 9.86. The number of alkyl halides is 3. The molecule has 0 saturated heterocycles. The van der Waals surface area contributed by atoms with Gasteiger partial charge in [-0.25, -0.2) is 4.79 Å². The van der Waals surface area contributed by atoms with E-state index in [-0.39, 0.29) is 23.1 Å². The summed E-state index contributed by atoms with van der Waals surface area (Å²) in [6.45, 7) is 6.44. The van der Waals surface area contributed by atoms with Crippen molar-refractivity contribution in [3.63, 3.8) is 0 Å². The highest BCUT2D eigenvalue weighted by Gasteiger charge is 2.69. The molecule has 2 aliphatic rings. The highest BCUT2D eigenvalue weighted by atomic mass is 19.4. The summed E-state index contributed by atoms with van der Waals surface area (Å²) in [5.41, 5.74) is -4.10. The lowest BCUT2D eigenvalue weighted by atomic mass is 9.76. The molecule has 0 aromatic carbocycles. The Morgan fingerprint density at radius 3 is 2.50 bits per heavy atom. The number of amides is 1. The summed E-state index contributed by atoms with van der Waals surface area (Å²) < 4.78 is 45.5. The van der Waals surface area contributed by atoms with Crippen LogP contribution in [0.4, 0.5) is 18.0 Å². The van der Waals surface area contributed by atoms with Gasteiger partial charge in [-0.3, -0.25) is 0 Å². The fourth-order valence-corrected chi connectivity index (χ4v) is 2.90. The summed E-state index contributed by atoms with van der Waals surface area (Å²) in [4.78, 5) is 12.1. The smallest absolute Gasteiger partial charge is 0.439 e. The fourth-order valence-electron chi connectivity index (χ4n) is 2.90. The molecule has 0 aromatic heterocycles. The lowest BCUT2D eigenvalue weighted by Gasteiger charge is -2.39. The van der Waals surface area contributed by atoms with Crippen molar-refractivity contribution in [2.24, 2.45) is 16.9 Å². The molecule has 1 saturated carbocycles. The molecule has 3 atom stereocenters. The van der Waals surface area contributed by atoms with Crippen LogP contribution in [0.2, 0.25) is 0 Å². The molecule has 0 spiro atoms. The van der Waals surface area contributed by atoms with Gasteiger partial charge in [0.25, 0.3) is 5.72 Å². The van der Waals surface area contributed by atoms with Crippen LogP contribution in [-0.4, -0.2) is 39.4 Å². The minimum atomic E-state index is -5.02. The largest absolute Gasteiger partial charge is 0.442 e. The third-order valence-electron chi connectivity index (χ3n) is 3.95. The van der Waals surface area contributed by atoms with Gasteiger partial charge < -0.3 is 9.84 Å². The second-order valence-corrected chi connectivity index (χ2v) is 7.04. The molecule has 1 heterocycles. The van der Waals surface area contributed by atoms with Crippen LogP contribution in [0.5, 0.6) is 0 Å². The van der Waals surface area contributed by atoms with Crippen molar-refractivity contribution in [2.45, 2.75) is 64.5 Å². The molecule has 22 heavy (non-hydrogen) atoms. The number of hydrogen-bond acceptors (Lipinski definition) is 4. The van der Waals surface area contributed by atoms with Crippen LogP contribution >= 0.6 is 0 Å². The summed E-state index contributed by atoms with van der Waals surface area (Å²) in [5.74, 6) is -1.21. The number of hydrazone groups is 1. The fraction of sp³-hybridized carbons (Fsp3) is 0.857. The topological polar surface area (TPSA) is 62.1 Å². The van der Waals surface area contributed by atoms with Gasteiger partial charge in [-0.1, -0.05) is 6.92 Å². The van der Waals surface area contributed by atoms with Crippen LogP contribution in [0, 0.1) is 11.8 Å². The zero-order valence-electron chi connectivity index (χ0n) is 13.1. The van der Waals surface area contributed by atoms with Crippen LogP contribution in [0.1, 0.15) is 47.0 Å². The Bertz CT molecular complexity index is 499. The van der Waals surface area contributed by atoms with Gasteiger partial charge in [0.05, 0.1) is 5.92 Å². The number of hydrogen-bond donors (Lipinski definition) is 1. The Kier molecular flexibility index (Phi) is 3.96. The zero-order chi connectivity index (χ0) is 16.9. The molecule has 8 heteroatoms. The summed E-state index contributed by atoms with van der Waals surface area (Å²) >= 11 is 0. The van der Waals surface area contributed by atoms with Crippen molar-refractivity contribution in [2.75, 3.05) is 0 Å². The average Bonchev–Trinajstić information content (AvgIpc) is 2.61. The van der Waals surface area contributed by atoms with E-state index in [9.17, 15) is 23.1 Å². The van der Waals surface area contributed by atoms with Gasteiger partial charge in [-0.15, -0.1) is 0 Å². The molecule has 0 aromatic rings. The first-order valence-corrected chi connectivity index (χ1v) is 7.26. The van der Waals surface area contributed by atoms with E-state index in [1.807, 2.05) is 6.92 Å². The van der Waals surface area contributed by atoms with Crippen molar-refractivity contribution in [1.29, 1.82) is 0 Å². The number of rotatable bonds is 0. The van der Waals surface area contributed by atoms with Crippen molar-refractivity contribution in [3.8, 4) is 0 Å². The molecule has 2 rings (SSSR count). The first-order valence-electron chi connectivity index (χ1n) is 7.26.